The van der Waals surface area contributed by atoms with Crippen molar-refractivity contribution in [2.75, 3.05) is 16.8 Å². The number of carbonyl (C=O) groups is 2. The Morgan fingerprint density at radius 1 is 1.04 bits per heavy atom. The zero-order chi connectivity index (χ0) is 18.8. The number of carbonyl (C=O) groups excluding carboxylic acids is 2. The fraction of sp³-hybridized carbons (Fsp3) is 0.250. The van der Waals surface area contributed by atoms with Crippen LogP contribution in [0, 0.1) is 0 Å². The number of oxazole rings is 1. The van der Waals surface area contributed by atoms with Gasteiger partial charge >= 0.3 is 5.76 Å². The van der Waals surface area contributed by atoms with Crippen LogP contribution in [-0.4, -0.2) is 22.9 Å². The molecule has 2 amide bonds. The maximum atomic E-state index is 12.3. The second-order valence-corrected chi connectivity index (χ2v) is 6.52. The molecule has 2 aromatic carbocycles. The van der Waals surface area contributed by atoms with Gasteiger partial charge in [-0.15, -0.1) is 0 Å². The third-order valence-electron chi connectivity index (χ3n) is 4.66. The molecule has 0 saturated carbocycles. The number of nitrogens with one attached hydrogen (secondary N) is 1. The van der Waals surface area contributed by atoms with Crippen molar-refractivity contribution >= 4 is 34.3 Å². The third-order valence-corrected chi connectivity index (χ3v) is 4.66. The first-order valence-corrected chi connectivity index (χ1v) is 8.90. The highest BCUT2D eigenvalue weighted by atomic mass is 16.4. The summed E-state index contributed by atoms with van der Waals surface area (Å²) in [5, 5.41) is 2.77. The Bertz CT molecular complexity index is 1050. The molecule has 4 rings (SSSR count). The molecule has 1 aliphatic heterocycles. The standard InChI is InChI=1S/C20H19N3O4/c24-18(13-23-16-5-1-2-6-17(16)27-20(23)26)21-14-8-10-15(11-9-14)22-12-4-3-7-19(22)25/h1-2,5-6,8-11H,3-4,7,12-13H2,(H,21,24). The molecule has 3 aromatic rings. The Hall–Kier alpha value is -3.35. The predicted octanol–water partition coefficient (Wildman–Crippen LogP) is 2.75. The number of aromatic nitrogens is 1. The number of piperidine rings is 1. The van der Waals surface area contributed by atoms with Gasteiger partial charge in [-0.1, -0.05) is 12.1 Å². The number of hydrogen-bond donors (Lipinski definition) is 1. The third kappa shape index (κ3) is 3.48. The molecule has 7 heteroatoms. The van der Waals surface area contributed by atoms with Crippen LogP contribution in [-0.2, 0) is 16.1 Å². The molecule has 27 heavy (non-hydrogen) atoms. The summed E-state index contributed by atoms with van der Waals surface area (Å²) in [4.78, 5) is 38.1. The predicted molar refractivity (Wildman–Crippen MR) is 102 cm³/mol. The Balaban J connectivity index is 1.46. The highest BCUT2D eigenvalue weighted by Gasteiger charge is 2.19. The van der Waals surface area contributed by atoms with Gasteiger partial charge in [-0.25, -0.2) is 4.79 Å². The highest BCUT2D eigenvalue weighted by Crippen LogP contribution is 2.22. The summed E-state index contributed by atoms with van der Waals surface area (Å²) in [6, 6.07) is 14.1. The molecule has 1 aliphatic rings. The molecule has 1 fully saturated rings. The van der Waals surface area contributed by atoms with Crippen LogP contribution < -0.4 is 16.0 Å². The number of rotatable bonds is 4. The monoisotopic (exact) mass is 365 g/mol. The number of nitrogens with zero attached hydrogens (tertiary/aromatic N) is 2. The summed E-state index contributed by atoms with van der Waals surface area (Å²) in [6.45, 7) is 0.587. The number of anilines is 2. The number of amides is 2. The molecule has 0 aliphatic carbocycles. The average molecular weight is 365 g/mol. The summed E-state index contributed by atoms with van der Waals surface area (Å²) in [6.07, 6.45) is 2.51. The molecule has 7 nitrogen and oxygen atoms in total. The van der Waals surface area contributed by atoms with Gasteiger partial charge in [0.25, 0.3) is 0 Å². The topological polar surface area (TPSA) is 84.5 Å². The zero-order valence-corrected chi connectivity index (χ0v) is 14.7. The van der Waals surface area contributed by atoms with Gasteiger partial charge in [0.05, 0.1) is 5.52 Å². The summed E-state index contributed by atoms with van der Waals surface area (Å²) in [5.41, 5.74) is 2.46. The van der Waals surface area contributed by atoms with E-state index in [1.54, 1.807) is 41.3 Å². The Morgan fingerprint density at radius 3 is 2.59 bits per heavy atom. The van der Waals surface area contributed by atoms with Gasteiger partial charge < -0.3 is 14.6 Å². The van der Waals surface area contributed by atoms with Crippen molar-refractivity contribution < 1.29 is 14.0 Å². The van der Waals surface area contributed by atoms with Gasteiger partial charge in [0.15, 0.2) is 5.58 Å². The molecular weight excluding hydrogens is 346 g/mol. The van der Waals surface area contributed by atoms with Crippen molar-refractivity contribution in [2.24, 2.45) is 0 Å². The maximum absolute atomic E-state index is 12.3. The fourth-order valence-corrected chi connectivity index (χ4v) is 3.31. The molecule has 2 heterocycles. The lowest BCUT2D eigenvalue weighted by atomic mass is 10.1. The Kier molecular flexibility index (Phi) is 4.50. The van der Waals surface area contributed by atoms with Crippen molar-refractivity contribution in [2.45, 2.75) is 25.8 Å². The molecule has 0 unspecified atom stereocenters. The van der Waals surface area contributed by atoms with Crippen molar-refractivity contribution in [1.82, 2.24) is 4.57 Å². The lowest BCUT2D eigenvalue weighted by molar-refractivity contribution is -0.119. The van der Waals surface area contributed by atoms with E-state index in [2.05, 4.69) is 5.32 Å². The second-order valence-electron chi connectivity index (χ2n) is 6.52. The van der Waals surface area contributed by atoms with Crippen LogP contribution in [0.25, 0.3) is 11.1 Å². The van der Waals surface area contributed by atoms with E-state index in [1.165, 1.54) is 4.57 Å². The van der Waals surface area contributed by atoms with Gasteiger partial charge in [-0.05, 0) is 49.2 Å². The minimum absolute atomic E-state index is 0.129. The highest BCUT2D eigenvalue weighted by molar-refractivity contribution is 5.95. The van der Waals surface area contributed by atoms with Crippen LogP contribution >= 0.6 is 0 Å². The normalized spacial score (nSPS) is 14.5. The maximum Gasteiger partial charge on any atom is 0.420 e. The lowest BCUT2D eigenvalue weighted by Gasteiger charge is -2.26. The van der Waals surface area contributed by atoms with Gasteiger partial charge in [0.1, 0.15) is 6.54 Å². The van der Waals surface area contributed by atoms with Gasteiger partial charge in [0.2, 0.25) is 11.8 Å². The summed E-state index contributed by atoms with van der Waals surface area (Å²) in [5.74, 6) is -0.764. The minimum atomic E-state index is -0.565. The van der Waals surface area contributed by atoms with Crippen molar-refractivity contribution in [1.29, 1.82) is 0 Å². The van der Waals surface area contributed by atoms with Crippen molar-refractivity contribution in [3.8, 4) is 0 Å². The summed E-state index contributed by atoms with van der Waals surface area (Å²) in [7, 11) is 0. The van der Waals surface area contributed by atoms with E-state index >= 15 is 0 Å². The molecule has 0 radical (unpaired) electrons. The largest absolute Gasteiger partial charge is 0.420 e. The van der Waals surface area contributed by atoms with Gasteiger partial charge in [-0.3, -0.25) is 14.2 Å². The number of fused-ring (bicyclic) bond motifs is 1. The quantitative estimate of drug-likeness (QED) is 0.770. The van der Waals surface area contributed by atoms with Crippen LogP contribution in [0.3, 0.4) is 0 Å². The number of hydrogen-bond acceptors (Lipinski definition) is 4. The van der Waals surface area contributed by atoms with E-state index in [0.717, 1.165) is 25.1 Å². The summed E-state index contributed by atoms with van der Waals surface area (Å²) < 4.78 is 6.43. The molecule has 1 saturated heterocycles. The van der Waals surface area contributed by atoms with Gasteiger partial charge in [-0.2, -0.15) is 0 Å². The first-order chi connectivity index (χ1) is 13.1. The van der Waals surface area contributed by atoms with E-state index in [-0.39, 0.29) is 18.4 Å². The first kappa shape index (κ1) is 17.1. The smallest absolute Gasteiger partial charge is 0.408 e. The molecule has 1 aromatic heterocycles. The Morgan fingerprint density at radius 2 is 1.81 bits per heavy atom. The average Bonchev–Trinajstić information content (AvgIpc) is 2.98. The molecule has 0 spiro atoms. The second kappa shape index (κ2) is 7.11. The van der Waals surface area contributed by atoms with Crippen LogP contribution in [0.15, 0.2) is 57.7 Å². The van der Waals surface area contributed by atoms with Crippen LogP contribution in [0.2, 0.25) is 0 Å². The zero-order valence-electron chi connectivity index (χ0n) is 14.7. The van der Waals surface area contributed by atoms with Gasteiger partial charge in [0, 0.05) is 24.3 Å². The lowest BCUT2D eigenvalue weighted by Crippen LogP contribution is -2.35. The van der Waals surface area contributed by atoms with E-state index in [9.17, 15) is 14.4 Å². The molecule has 138 valence electrons. The van der Waals surface area contributed by atoms with E-state index in [1.807, 2.05) is 12.1 Å². The van der Waals surface area contributed by atoms with Crippen molar-refractivity contribution in [3.63, 3.8) is 0 Å². The number of para-hydroxylation sites is 2. The first-order valence-electron chi connectivity index (χ1n) is 8.90. The van der Waals surface area contributed by atoms with E-state index in [0.29, 0.717) is 23.2 Å². The molecule has 0 bridgehead atoms. The molecule has 1 N–H and O–H groups in total. The SMILES string of the molecule is O=C(Cn1c(=O)oc2ccccc21)Nc1ccc(N2CCCCC2=O)cc1. The van der Waals surface area contributed by atoms with Crippen LogP contribution in [0.5, 0.6) is 0 Å². The Labute approximate surface area is 155 Å². The van der Waals surface area contributed by atoms with E-state index in [4.69, 9.17) is 4.42 Å². The van der Waals surface area contributed by atoms with Crippen LogP contribution in [0.1, 0.15) is 19.3 Å². The van der Waals surface area contributed by atoms with Crippen molar-refractivity contribution in [3.05, 3.63) is 59.1 Å². The van der Waals surface area contributed by atoms with Crippen LogP contribution in [0.4, 0.5) is 11.4 Å². The fourth-order valence-electron chi connectivity index (χ4n) is 3.31. The van der Waals surface area contributed by atoms with E-state index < -0.39 is 5.76 Å². The minimum Gasteiger partial charge on any atom is -0.408 e. The number of benzene rings is 2. The summed E-state index contributed by atoms with van der Waals surface area (Å²) >= 11 is 0. The molecular formula is C20H19N3O4. The molecule has 0 atom stereocenters.